The Morgan fingerprint density at radius 2 is 1.69 bits per heavy atom. The van der Waals surface area contributed by atoms with E-state index in [4.69, 9.17) is 4.74 Å². The number of hydrogen-bond acceptors (Lipinski definition) is 1. The second-order valence-corrected chi connectivity index (χ2v) is 4.01. The first-order valence-corrected chi connectivity index (χ1v) is 6.17. The molecule has 0 saturated heterocycles. The molecule has 1 heteroatoms. The Morgan fingerprint density at radius 1 is 1.12 bits per heavy atom. The molecule has 0 radical (unpaired) electrons. The molecule has 0 aliphatic rings. The molecule has 16 heavy (non-hydrogen) atoms. The fourth-order valence-corrected chi connectivity index (χ4v) is 1.90. The van der Waals surface area contributed by atoms with Crippen molar-refractivity contribution in [3.63, 3.8) is 0 Å². The maximum absolute atomic E-state index is 5.80. The molecule has 1 aromatic carbocycles. The van der Waals surface area contributed by atoms with Crippen LogP contribution in [-0.4, -0.2) is 6.61 Å². The minimum absolute atomic E-state index is 0.595. The minimum atomic E-state index is 0.595. The lowest BCUT2D eigenvalue weighted by Gasteiger charge is -2.14. The van der Waals surface area contributed by atoms with Crippen LogP contribution in [0.4, 0.5) is 0 Å². The molecule has 0 N–H and O–H groups in total. The molecule has 0 saturated carbocycles. The van der Waals surface area contributed by atoms with Gasteiger partial charge in [-0.3, -0.25) is 0 Å². The third-order valence-corrected chi connectivity index (χ3v) is 2.56. The Bertz CT molecular complexity index is 304. The first-order chi connectivity index (χ1) is 7.83. The summed E-state index contributed by atoms with van der Waals surface area (Å²) in [6.45, 7) is 8.69. The topological polar surface area (TPSA) is 9.23 Å². The predicted octanol–water partition coefficient (Wildman–Crippen LogP) is 4.16. The van der Waals surface area contributed by atoms with Crippen molar-refractivity contribution >= 4 is 0 Å². The first kappa shape index (κ1) is 12.8. The lowest BCUT2D eigenvalue weighted by Crippen LogP contribution is -2.01. The van der Waals surface area contributed by atoms with Gasteiger partial charge in [-0.15, -0.1) is 0 Å². The molecule has 0 spiro atoms. The summed E-state index contributed by atoms with van der Waals surface area (Å²) < 4.78 is 5.80. The van der Waals surface area contributed by atoms with Gasteiger partial charge in [0.1, 0.15) is 12.4 Å². The van der Waals surface area contributed by atoms with Gasteiger partial charge in [-0.25, -0.2) is 0 Å². The second kappa shape index (κ2) is 7.10. The Balaban J connectivity index is 2.96. The van der Waals surface area contributed by atoms with E-state index in [-0.39, 0.29) is 0 Å². The van der Waals surface area contributed by atoms with Crippen LogP contribution in [0.25, 0.3) is 0 Å². The minimum Gasteiger partial charge on any atom is -0.489 e. The van der Waals surface area contributed by atoms with Crippen molar-refractivity contribution in [2.24, 2.45) is 0 Å². The third-order valence-electron chi connectivity index (χ3n) is 2.56. The maximum atomic E-state index is 5.80. The van der Waals surface area contributed by atoms with E-state index in [0.717, 1.165) is 31.4 Å². The van der Waals surface area contributed by atoms with Crippen LogP contribution in [0.1, 0.15) is 37.8 Å². The van der Waals surface area contributed by atoms with Crippen molar-refractivity contribution in [2.45, 2.75) is 39.5 Å². The van der Waals surface area contributed by atoms with Crippen molar-refractivity contribution < 1.29 is 4.74 Å². The zero-order chi connectivity index (χ0) is 11.8. The fraction of sp³-hybridized carbons (Fsp3) is 0.467. The van der Waals surface area contributed by atoms with Gasteiger partial charge in [0.2, 0.25) is 0 Å². The van der Waals surface area contributed by atoms with Gasteiger partial charge in [-0.2, -0.15) is 0 Å². The van der Waals surface area contributed by atoms with Crippen LogP contribution in [-0.2, 0) is 12.8 Å². The highest BCUT2D eigenvalue weighted by molar-refractivity contribution is 5.42. The zero-order valence-electron chi connectivity index (χ0n) is 10.5. The summed E-state index contributed by atoms with van der Waals surface area (Å²) in [6, 6.07) is 6.47. The number of para-hydroxylation sites is 1. The van der Waals surface area contributed by atoms with E-state index in [1.165, 1.54) is 11.1 Å². The molecule has 0 fully saturated rings. The van der Waals surface area contributed by atoms with Gasteiger partial charge in [0, 0.05) is 0 Å². The summed E-state index contributed by atoms with van der Waals surface area (Å²) in [5, 5.41) is 0. The summed E-state index contributed by atoms with van der Waals surface area (Å²) in [6.07, 6.45) is 6.28. The van der Waals surface area contributed by atoms with Gasteiger partial charge in [0.25, 0.3) is 0 Å². The smallest absolute Gasteiger partial charge is 0.126 e. The number of aryl methyl sites for hydroxylation is 2. The van der Waals surface area contributed by atoms with Gasteiger partial charge in [-0.05, 0) is 24.0 Å². The molecule has 1 nitrogen and oxygen atoms in total. The average Bonchev–Trinajstić information content (AvgIpc) is 2.29. The van der Waals surface area contributed by atoms with Crippen molar-refractivity contribution in [2.75, 3.05) is 6.61 Å². The van der Waals surface area contributed by atoms with E-state index in [1.54, 1.807) is 6.08 Å². The van der Waals surface area contributed by atoms with Crippen LogP contribution >= 0.6 is 0 Å². The third kappa shape index (κ3) is 3.41. The van der Waals surface area contributed by atoms with Crippen LogP contribution in [0.3, 0.4) is 0 Å². The Morgan fingerprint density at radius 3 is 2.12 bits per heavy atom. The van der Waals surface area contributed by atoms with Crippen LogP contribution in [0, 0.1) is 0 Å². The summed E-state index contributed by atoms with van der Waals surface area (Å²) >= 11 is 0. The van der Waals surface area contributed by atoms with E-state index < -0.39 is 0 Å². The molecule has 0 aliphatic heterocycles. The van der Waals surface area contributed by atoms with E-state index >= 15 is 0 Å². The molecule has 88 valence electrons. The van der Waals surface area contributed by atoms with Gasteiger partial charge in [0.15, 0.2) is 0 Å². The number of hydrogen-bond donors (Lipinski definition) is 0. The first-order valence-electron chi connectivity index (χ1n) is 6.17. The summed E-state index contributed by atoms with van der Waals surface area (Å²) in [4.78, 5) is 0. The van der Waals surface area contributed by atoms with Crippen LogP contribution in [0.5, 0.6) is 5.75 Å². The maximum Gasteiger partial charge on any atom is 0.126 e. The normalized spacial score (nSPS) is 10.1. The van der Waals surface area contributed by atoms with Crippen molar-refractivity contribution in [1.29, 1.82) is 0 Å². The summed E-state index contributed by atoms with van der Waals surface area (Å²) in [5.41, 5.74) is 2.66. The van der Waals surface area contributed by atoms with Crippen LogP contribution in [0.2, 0.25) is 0 Å². The highest BCUT2D eigenvalue weighted by atomic mass is 16.5. The molecule has 1 aromatic rings. The zero-order valence-corrected chi connectivity index (χ0v) is 10.5. The standard InChI is InChI=1S/C15H22O/c1-4-8-13-10-7-11-14(9-5-2)15(13)16-12-6-3/h6-7,10-11H,3-5,8-9,12H2,1-2H3. The molecule has 0 heterocycles. The van der Waals surface area contributed by atoms with Gasteiger partial charge in [0.05, 0.1) is 0 Å². The van der Waals surface area contributed by atoms with Crippen molar-refractivity contribution in [3.05, 3.63) is 42.0 Å². The van der Waals surface area contributed by atoms with Crippen LogP contribution < -0.4 is 4.74 Å². The lowest BCUT2D eigenvalue weighted by molar-refractivity contribution is 0.354. The number of benzene rings is 1. The van der Waals surface area contributed by atoms with Crippen molar-refractivity contribution in [3.8, 4) is 5.75 Å². The fourth-order valence-electron chi connectivity index (χ4n) is 1.90. The number of rotatable bonds is 7. The van der Waals surface area contributed by atoms with E-state index in [9.17, 15) is 0 Å². The average molecular weight is 218 g/mol. The highest BCUT2D eigenvalue weighted by Crippen LogP contribution is 2.26. The largest absolute Gasteiger partial charge is 0.489 e. The van der Waals surface area contributed by atoms with Crippen LogP contribution in [0.15, 0.2) is 30.9 Å². The molecular formula is C15H22O. The Kier molecular flexibility index (Phi) is 5.69. The molecule has 1 rings (SSSR count). The molecular weight excluding hydrogens is 196 g/mol. The number of ether oxygens (including phenoxy) is 1. The Hall–Kier alpha value is -1.24. The van der Waals surface area contributed by atoms with E-state index in [1.807, 2.05) is 0 Å². The Labute approximate surface area is 99.1 Å². The summed E-state index contributed by atoms with van der Waals surface area (Å²) in [5.74, 6) is 1.09. The molecule has 0 amide bonds. The molecule has 0 bridgehead atoms. The van der Waals surface area contributed by atoms with Gasteiger partial charge >= 0.3 is 0 Å². The predicted molar refractivity (Wildman–Crippen MR) is 70.1 cm³/mol. The lowest BCUT2D eigenvalue weighted by atomic mass is 10.0. The molecule has 0 aromatic heterocycles. The molecule has 0 unspecified atom stereocenters. The molecule has 0 atom stereocenters. The highest BCUT2D eigenvalue weighted by Gasteiger charge is 2.07. The monoisotopic (exact) mass is 218 g/mol. The van der Waals surface area contributed by atoms with E-state index in [2.05, 4.69) is 38.6 Å². The van der Waals surface area contributed by atoms with Gasteiger partial charge in [-0.1, -0.05) is 57.5 Å². The molecule has 0 aliphatic carbocycles. The summed E-state index contributed by atoms with van der Waals surface area (Å²) in [7, 11) is 0. The van der Waals surface area contributed by atoms with Gasteiger partial charge < -0.3 is 4.74 Å². The quantitative estimate of drug-likeness (QED) is 0.624. The SMILES string of the molecule is C=CCOc1c(CCC)cccc1CCC. The van der Waals surface area contributed by atoms with E-state index in [0.29, 0.717) is 6.61 Å². The van der Waals surface area contributed by atoms with Crippen molar-refractivity contribution in [1.82, 2.24) is 0 Å². The second-order valence-electron chi connectivity index (χ2n) is 4.01.